The highest BCUT2D eigenvalue weighted by molar-refractivity contribution is 6.31. The quantitative estimate of drug-likeness (QED) is 0.402. The average Bonchev–Trinajstić information content (AvgIpc) is 3.23. The number of nitrogens with one attached hydrogen (secondary N) is 1. The highest BCUT2D eigenvalue weighted by Crippen LogP contribution is 2.37. The van der Waals surface area contributed by atoms with E-state index in [4.69, 9.17) is 21.7 Å². The molecule has 2 aliphatic heterocycles. The Kier molecular flexibility index (Phi) is 7.88. The molecule has 1 amide bonds. The lowest BCUT2D eigenvalue weighted by atomic mass is 9.90. The molecule has 5 rings (SSSR count). The molecule has 3 aromatic carbocycles. The van der Waals surface area contributed by atoms with E-state index in [0.29, 0.717) is 22.8 Å². The van der Waals surface area contributed by atoms with Crippen LogP contribution in [0.4, 0.5) is 11.4 Å². The molecule has 196 valence electrons. The monoisotopic (exact) mass is 530 g/mol. The van der Waals surface area contributed by atoms with Crippen LogP contribution >= 0.6 is 11.6 Å². The van der Waals surface area contributed by atoms with Gasteiger partial charge in [-0.2, -0.15) is 0 Å². The summed E-state index contributed by atoms with van der Waals surface area (Å²) in [4.78, 5) is 34.0. The predicted molar refractivity (Wildman–Crippen MR) is 151 cm³/mol. The van der Waals surface area contributed by atoms with E-state index in [-0.39, 0.29) is 12.3 Å². The van der Waals surface area contributed by atoms with Crippen molar-refractivity contribution in [2.75, 3.05) is 38.5 Å². The predicted octanol–water partition coefficient (Wildman–Crippen LogP) is 4.96. The van der Waals surface area contributed by atoms with Gasteiger partial charge in [0, 0.05) is 49.9 Å². The lowest BCUT2D eigenvalue weighted by molar-refractivity contribution is -0.137. The number of carbonyl (C=O) groups is 2. The third kappa shape index (κ3) is 6.13. The number of hydrogen-bond acceptors (Lipinski definition) is 5. The fourth-order valence-electron chi connectivity index (χ4n) is 4.97. The Labute approximate surface area is 227 Å². The number of halogens is 1. The Morgan fingerprint density at radius 1 is 1.00 bits per heavy atom. The Balaban J connectivity index is 1.44. The molecule has 7 nitrogen and oxygen atoms in total. The molecule has 2 aliphatic rings. The maximum absolute atomic E-state index is 13.2. The molecule has 0 saturated carbocycles. The van der Waals surface area contributed by atoms with Gasteiger partial charge in [-0.15, -0.1) is 0 Å². The van der Waals surface area contributed by atoms with Crippen LogP contribution in [0, 0.1) is 0 Å². The van der Waals surface area contributed by atoms with Gasteiger partial charge in [0.2, 0.25) is 5.91 Å². The largest absolute Gasteiger partial charge is 0.481 e. The number of anilines is 1. The zero-order chi connectivity index (χ0) is 26.6. The van der Waals surface area contributed by atoms with Crippen molar-refractivity contribution in [3.63, 3.8) is 0 Å². The molecule has 2 N–H and O–H groups in total. The van der Waals surface area contributed by atoms with Crippen LogP contribution in [0.15, 0.2) is 71.7 Å². The van der Waals surface area contributed by atoms with Crippen LogP contribution in [0.3, 0.4) is 0 Å². The molecule has 0 spiro atoms. The van der Waals surface area contributed by atoms with Crippen molar-refractivity contribution >= 4 is 40.6 Å². The summed E-state index contributed by atoms with van der Waals surface area (Å²) in [5, 5.41) is 12.5. The van der Waals surface area contributed by atoms with Gasteiger partial charge in [0.05, 0.1) is 11.4 Å². The van der Waals surface area contributed by atoms with Crippen LogP contribution < -0.4 is 5.32 Å². The second-order valence-corrected chi connectivity index (χ2v) is 10.4. The SMILES string of the molecule is CN1CCN(Cc2ccc(N=C(c3ccc(CCC(=O)O)cc3)C3C(=O)Nc4cc(Cl)ccc43)cc2)CC1. The number of carbonyl (C=O) groups excluding carboxylic acids is 1. The number of carboxylic acid groups (broad SMARTS) is 1. The summed E-state index contributed by atoms with van der Waals surface area (Å²) in [7, 11) is 2.16. The van der Waals surface area contributed by atoms with Crippen LogP contribution in [-0.4, -0.2) is 65.7 Å². The van der Waals surface area contributed by atoms with Gasteiger partial charge in [0.1, 0.15) is 5.92 Å². The molecule has 0 radical (unpaired) electrons. The standard InChI is InChI=1S/C30H31ClN4O3/c1-34-14-16-35(17-15-34)19-21-4-10-24(11-5-21)32-29(22-7-2-20(3-8-22)6-13-27(36)37)28-25-12-9-23(31)18-26(25)33-30(28)38/h2-5,7-12,18,28H,6,13-17,19H2,1H3,(H,33,38)(H,36,37). The number of hydrogen-bond donors (Lipinski definition) is 2. The minimum Gasteiger partial charge on any atom is -0.481 e. The fourth-order valence-corrected chi connectivity index (χ4v) is 5.15. The Morgan fingerprint density at radius 2 is 1.68 bits per heavy atom. The highest BCUT2D eigenvalue weighted by atomic mass is 35.5. The molecule has 2 heterocycles. The van der Waals surface area contributed by atoms with Crippen molar-refractivity contribution in [3.05, 3.63) is 94.0 Å². The zero-order valence-electron chi connectivity index (χ0n) is 21.4. The Morgan fingerprint density at radius 3 is 2.37 bits per heavy atom. The van der Waals surface area contributed by atoms with Crippen molar-refractivity contribution in [1.82, 2.24) is 9.80 Å². The van der Waals surface area contributed by atoms with Crippen molar-refractivity contribution in [1.29, 1.82) is 0 Å². The van der Waals surface area contributed by atoms with Crippen LogP contribution in [0.1, 0.15) is 34.6 Å². The van der Waals surface area contributed by atoms with Gasteiger partial charge in [-0.3, -0.25) is 19.5 Å². The normalized spacial score (nSPS) is 18.3. The minimum absolute atomic E-state index is 0.0694. The number of rotatable bonds is 8. The first-order valence-corrected chi connectivity index (χ1v) is 13.2. The van der Waals surface area contributed by atoms with E-state index in [2.05, 4.69) is 34.3 Å². The summed E-state index contributed by atoms with van der Waals surface area (Å²) in [5.74, 6) is -1.56. The van der Waals surface area contributed by atoms with Gasteiger partial charge in [-0.25, -0.2) is 0 Å². The topological polar surface area (TPSA) is 85.2 Å². The van der Waals surface area contributed by atoms with Gasteiger partial charge >= 0.3 is 5.97 Å². The smallest absolute Gasteiger partial charge is 0.303 e. The van der Waals surface area contributed by atoms with Crippen LogP contribution in [-0.2, 0) is 22.6 Å². The van der Waals surface area contributed by atoms with E-state index in [1.54, 1.807) is 12.1 Å². The van der Waals surface area contributed by atoms with Crippen molar-refractivity contribution < 1.29 is 14.7 Å². The zero-order valence-corrected chi connectivity index (χ0v) is 22.1. The number of aliphatic carboxylic acids is 1. The van der Waals surface area contributed by atoms with E-state index in [1.165, 1.54) is 5.56 Å². The van der Waals surface area contributed by atoms with E-state index in [9.17, 15) is 9.59 Å². The molecule has 8 heteroatoms. The molecule has 0 aromatic heterocycles. The number of aryl methyl sites for hydroxylation is 1. The number of aliphatic imine (C=N–C) groups is 1. The second kappa shape index (κ2) is 11.5. The van der Waals surface area contributed by atoms with Crippen LogP contribution in [0.25, 0.3) is 0 Å². The fraction of sp³-hybridized carbons (Fsp3) is 0.300. The molecule has 0 bridgehead atoms. The Hall–Kier alpha value is -3.52. The molecule has 1 atom stereocenters. The summed E-state index contributed by atoms with van der Waals surface area (Å²) in [6.45, 7) is 5.18. The first kappa shape index (κ1) is 26.1. The highest BCUT2D eigenvalue weighted by Gasteiger charge is 2.35. The third-order valence-electron chi connectivity index (χ3n) is 7.19. The van der Waals surface area contributed by atoms with E-state index in [1.807, 2.05) is 42.5 Å². The average molecular weight is 531 g/mol. The number of likely N-dealkylation sites (N-methyl/N-ethyl adjacent to an activating group) is 1. The maximum atomic E-state index is 13.2. The van der Waals surface area contributed by atoms with Gasteiger partial charge < -0.3 is 15.3 Å². The van der Waals surface area contributed by atoms with Gasteiger partial charge in [0.15, 0.2) is 0 Å². The lowest BCUT2D eigenvalue weighted by Gasteiger charge is -2.32. The molecule has 1 fully saturated rings. The number of benzene rings is 3. The first-order chi connectivity index (χ1) is 18.4. The van der Waals surface area contributed by atoms with E-state index >= 15 is 0 Å². The molecule has 1 saturated heterocycles. The lowest BCUT2D eigenvalue weighted by Crippen LogP contribution is -2.43. The summed E-state index contributed by atoms with van der Waals surface area (Å²) in [6.07, 6.45) is 0.516. The van der Waals surface area contributed by atoms with E-state index < -0.39 is 11.9 Å². The molecule has 0 aliphatic carbocycles. The number of nitrogens with zero attached hydrogens (tertiary/aromatic N) is 3. The number of carboxylic acids is 1. The summed E-state index contributed by atoms with van der Waals surface area (Å²) in [5.41, 5.74) is 5.91. The van der Waals surface area contributed by atoms with Crippen LogP contribution in [0.2, 0.25) is 5.02 Å². The maximum Gasteiger partial charge on any atom is 0.303 e. The Bertz CT molecular complexity index is 1350. The van der Waals surface area contributed by atoms with E-state index in [0.717, 1.165) is 55.1 Å². The molecular weight excluding hydrogens is 500 g/mol. The van der Waals surface area contributed by atoms with Gasteiger partial charge in [0.25, 0.3) is 0 Å². The van der Waals surface area contributed by atoms with Gasteiger partial charge in [-0.1, -0.05) is 54.1 Å². The van der Waals surface area contributed by atoms with Gasteiger partial charge in [-0.05, 0) is 60.0 Å². The second-order valence-electron chi connectivity index (χ2n) is 9.99. The van der Waals surface area contributed by atoms with Crippen molar-refractivity contribution in [3.8, 4) is 0 Å². The first-order valence-electron chi connectivity index (χ1n) is 12.9. The summed E-state index contributed by atoms with van der Waals surface area (Å²) >= 11 is 6.18. The number of amides is 1. The van der Waals surface area contributed by atoms with Crippen molar-refractivity contribution in [2.24, 2.45) is 4.99 Å². The molecule has 1 unspecified atom stereocenters. The summed E-state index contributed by atoms with van der Waals surface area (Å²) < 4.78 is 0. The van der Waals surface area contributed by atoms with Crippen molar-refractivity contribution in [2.45, 2.75) is 25.3 Å². The number of fused-ring (bicyclic) bond motifs is 1. The minimum atomic E-state index is -0.828. The summed E-state index contributed by atoms with van der Waals surface area (Å²) in [6, 6.07) is 21.3. The third-order valence-corrected chi connectivity index (χ3v) is 7.42. The molecule has 3 aromatic rings. The molecule has 38 heavy (non-hydrogen) atoms. The molecular formula is C30H31ClN4O3. The number of piperazine rings is 1. The van der Waals surface area contributed by atoms with Crippen LogP contribution in [0.5, 0.6) is 0 Å².